The van der Waals surface area contributed by atoms with Crippen LogP contribution in [-0.2, 0) is 13.1 Å². The van der Waals surface area contributed by atoms with E-state index in [1.807, 2.05) is 31.2 Å². The molecule has 0 saturated heterocycles. The lowest BCUT2D eigenvalue weighted by molar-refractivity contribution is 0.442. The van der Waals surface area contributed by atoms with Gasteiger partial charge in [0.15, 0.2) is 11.6 Å². The minimum absolute atomic E-state index is 0.0569. The molecule has 4 rings (SSSR count). The van der Waals surface area contributed by atoms with Crippen molar-refractivity contribution in [1.29, 1.82) is 5.41 Å². The predicted octanol–water partition coefficient (Wildman–Crippen LogP) is 2.99. The number of nitrogens with zero attached hydrogens (tertiary/aromatic N) is 1. The Morgan fingerprint density at radius 3 is 2.54 bits per heavy atom. The lowest BCUT2D eigenvalue weighted by Gasteiger charge is -2.10. The molecule has 6 heteroatoms. The quantitative estimate of drug-likeness (QED) is 0.370. The largest absolute Gasteiger partial charge is 0.504 e. The normalized spacial score (nSPS) is 14.2. The number of nitrogens with one attached hydrogen (secondary N) is 4. The first-order valence-electron chi connectivity index (χ1n) is 8.56. The van der Waals surface area contributed by atoms with Gasteiger partial charge in [0.05, 0.1) is 11.0 Å². The highest BCUT2D eigenvalue weighted by molar-refractivity contribution is 6.12. The number of H-pyrrole nitrogens is 1. The van der Waals surface area contributed by atoms with Crippen LogP contribution in [0, 0.1) is 12.3 Å². The summed E-state index contributed by atoms with van der Waals surface area (Å²) in [5.74, 6) is 0.387. The molecule has 6 nitrogen and oxygen atoms in total. The van der Waals surface area contributed by atoms with E-state index in [0.29, 0.717) is 17.1 Å². The molecule has 0 aliphatic carbocycles. The van der Waals surface area contributed by atoms with Crippen LogP contribution < -0.4 is 10.6 Å². The second-order valence-electron chi connectivity index (χ2n) is 6.54. The molecule has 1 aromatic heterocycles. The van der Waals surface area contributed by atoms with Crippen LogP contribution in [0.1, 0.15) is 28.1 Å². The molecule has 0 spiro atoms. The third-order valence-corrected chi connectivity index (χ3v) is 4.73. The number of rotatable bonds is 4. The van der Waals surface area contributed by atoms with Gasteiger partial charge in [-0.3, -0.25) is 5.41 Å². The summed E-state index contributed by atoms with van der Waals surface area (Å²) in [4.78, 5) is 7.87. The molecule has 0 amide bonds. The van der Waals surface area contributed by atoms with Crippen molar-refractivity contribution in [3.8, 4) is 0 Å². The van der Waals surface area contributed by atoms with Crippen molar-refractivity contribution in [3.05, 3.63) is 70.2 Å². The SMILES string of the molecule is CN/C(=C(/O)C(=N)c1ccc(C)cc1)c1nc2cc3c(cc2[nH]1)CNC3. The first-order chi connectivity index (χ1) is 12.6. The molecular formula is C20H21N5O. The van der Waals surface area contributed by atoms with Gasteiger partial charge in [-0.25, -0.2) is 4.98 Å². The van der Waals surface area contributed by atoms with Gasteiger partial charge in [-0.2, -0.15) is 0 Å². The third kappa shape index (κ3) is 2.74. The number of aryl methyl sites for hydroxylation is 1. The van der Waals surface area contributed by atoms with Gasteiger partial charge in [-0.15, -0.1) is 0 Å². The van der Waals surface area contributed by atoms with Crippen molar-refractivity contribution in [2.75, 3.05) is 7.05 Å². The lowest BCUT2D eigenvalue weighted by atomic mass is 10.1. The fourth-order valence-corrected chi connectivity index (χ4v) is 3.26. The molecule has 0 radical (unpaired) electrons. The number of allylic oxidation sites excluding steroid dienone is 1. The zero-order valence-electron chi connectivity index (χ0n) is 14.8. The highest BCUT2D eigenvalue weighted by Gasteiger charge is 2.18. The van der Waals surface area contributed by atoms with Gasteiger partial charge in [0.1, 0.15) is 11.4 Å². The maximum atomic E-state index is 10.7. The van der Waals surface area contributed by atoms with Crippen LogP contribution in [0.4, 0.5) is 0 Å². The number of aliphatic hydroxyl groups is 1. The molecular weight excluding hydrogens is 326 g/mol. The smallest absolute Gasteiger partial charge is 0.168 e. The summed E-state index contributed by atoms with van der Waals surface area (Å²) < 4.78 is 0. The molecule has 0 fully saturated rings. The minimum atomic E-state index is -0.135. The number of hydrogen-bond acceptors (Lipinski definition) is 5. The summed E-state index contributed by atoms with van der Waals surface area (Å²) in [6.07, 6.45) is 0. The molecule has 1 aliphatic heterocycles. The second-order valence-corrected chi connectivity index (χ2v) is 6.54. The summed E-state index contributed by atoms with van der Waals surface area (Å²) in [6, 6.07) is 11.7. The number of imidazole rings is 1. The van der Waals surface area contributed by atoms with Crippen molar-refractivity contribution in [3.63, 3.8) is 0 Å². The average molecular weight is 347 g/mol. The van der Waals surface area contributed by atoms with Crippen molar-refractivity contribution < 1.29 is 5.11 Å². The molecule has 0 saturated carbocycles. The maximum Gasteiger partial charge on any atom is 0.168 e. The summed E-state index contributed by atoms with van der Waals surface area (Å²) in [5.41, 5.74) is 6.52. The van der Waals surface area contributed by atoms with E-state index in [4.69, 9.17) is 5.41 Å². The molecule has 1 aliphatic rings. The van der Waals surface area contributed by atoms with Crippen LogP contribution in [0.15, 0.2) is 42.2 Å². The Morgan fingerprint density at radius 2 is 1.85 bits per heavy atom. The first kappa shape index (κ1) is 16.4. The first-order valence-corrected chi connectivity index (χ1v) is 8.56. The Bertz CT molecular complexity index is 989. The van der Waals surface area contributed by atoms with E-state index < -0.39 is 0 Å². The zero-order chi connectivity index (χ0) is 18.3. The van der Waals surface area contributed by atoms with Gasteiger partial charge in [0.25, 0.3) is 0 Å². The van der Waals surface area contributed by atoms with Crippen LogP contribution in [0.2, 0.25) is 0 Å². The average Bonchev–Trinajstić information content (AvgIpc) is 3.25. The van der Waals surface area contributed by atoms with Crippen LogP contribution in [0.5, 0.6) is 0 Å². The zero-order valence-corrected chi connectivity index (χ0v) is 14.8. The van der Waals surface area contributed by atoms with E-state index in [0.717, 1.165) is 29.7 Å². The molecule has 2 aromatic carbocycles. The van der Waals surface area contributed by atoms with Crippen LogP contribution >= 0.6 is 0 Å². The van der Waals surface area contributed by atoms with E-state index in [2.05, 4.69) is 32.7 Å². The van der Waals surface area contributed by atoms with Gasteiger partial charge in [0.2, 0.25) is 0 Å². The maximum absolute atomic E-state index is 10.7. The van der Waals surface area contributed by atoms with Crippen LogP contribution in [0.25, 0.3) is 16.7 Å². The Labute approximate surface area is 151 Å². The number of aromatic amines is 1. The number of fused-ring (bicyclic) bond motifs is 2. The number of hydrogen-bond donors (Lipinski definition) is 5. The number of benzene rings is 2. The van der Waals surface area contributed by atoms with E-state index in [1.165, 1.54) is 11.1 Å². The molecule has 2 heterocycles. The summed E-state index contributed by atoms with van der Waals surface area (Å²) in [7, 11) is 1.71. The van der Waals surface area contributed by atoms with Gasteiger partial charge >= 0.3 is 0 Å². The molecule has 0 atom stereocenters. The Hall–Kier alpha value is -3.12. The predicted molar refractivity (Wildman–Crippen MR) is 103 cm³/mol. The summed E-state index contributed by atoms with van der Waals surface area (Å²) >= 11 is 0. The van der Waals surface area contributed by atoms with Crippen molar-refractivity contribution in [2.24, 2.45) is 0 Å². The van der Waals surface area contributed by atoms with Crippen molar-refractivity contribution in [1.82, 2.24) is 20.6 Å². The highest BCUT2D eigenvalue weighted by Crippen LogP contribution is 2.24. The van der Waals surface area contributed by atoms with E-state index in [-0.39, 0.29) is 11.5 Å². The van der Waals surface area contributed by atoms with Crippen LogP contribution in [-0.4, -0.2) is 27.8 Å². The van der Waals surface area contributed by atoms with Crippen molar-refractivity contribution >= 4 is 22.4 Å². The third-order valence-electron chi connectivity index (χ3n) is 4.73. The molecule has 0 bridgehead atoms. The van der Waals surface area contributed by atoms with Gasteiger partial charge in [-0.05, 0) is 30.2 Å². The number of aromatic nitrogens is 2. The monoisotopic (exact) mass is 347 g/mol. The van der Waals surface area contributed by atoms with Crippen LogP contribution in [0.3, 0.4) is 0 Å². The lowest BCUT2D eigenvalue weighted by Crippen LogP contribution is -2.15. The van der Waals surface area contributed by atoms with E-state index in [9.17, 15) is 5.11 Å². The minimum Gasteiger partial charge on any atom is -0.504 e. The fourth-order valence-electron chi connectivity index (χ4n) is 3.26. The molecule has 0 unspecified atom stereocenters. The Morgan fingerprint density at radius 1 is 1.15 bits per heavy atom. The van der Waals surface area contributed by atoms with E-state index >= 15 is 0 Å². The Kier molecular flexibility index (Phi) is 3.97. The molecule has 5 N–H and O–H groups in total. The number of aliphatic hydroxyl groups excluding tert-OH is 1. The Balaban J connectivity index is 1.75. The van der Waals surface area contributed by atoms with E-state index in [1.54, 1.807) is 7.05 Å². The molecule has 132 valence electrons. The summed E-state index contributed by atoms with van der Waals surface area (Å²) in [6.45, 7) is 3.70. The topological polar surface area (TPSA) is 96.8 Å². The highest BCUT2D eigenvalue weighted by atomic mass is 16.3. The second kappa shape index (κ2) is 6.31. The fraction of sp³-hybridized carbons (Fsp3) is 0.200. The van der Waals surface area contributed by atoms with Gasteiger partial charge in [-0.1, -0.05) is 29.8 Å². The van der Waals surface area contributed by atoms with Gasteiger partial charge in [0, 0.05) is 25.7 Å². The molecule has 26 heavy (non-hydrogen) atoms. The van der Waals surface area contributed by atoms with Gasteiger partial charge < -0.3 is 20.7 Å². The summed E-state index contributed by atoms with van der Waals surface area (Å²) in [5, 5.41) is 25.3. The molecule has 3 aromatic rings. The standard InChI is InChI=1S/C20H21N5O/c1-11-3-5-12(6-4-11)17(21)19(26)18(22-2)20-24-15-7-13-9-23-10-14(13)8-16(15)25-20/h3-8,21-23,26H,9-10H2,1-2H3,(H,24,25)/b19-18+,21-17?. The van der Waals surface area contributed by atoms with Crippen molar-refractivity contribution in [2.45, 2.75) is 20.0 Å².